The lowest BCUT2D eigenvalue weighted by molar-refractivity contribution is 1.12. The van der Waals surface area contributed by atoms with Gasteiger partial charge in [-0.1, -0.05) is 156 Å². The van der Waals surface area contributed by atoms with Crippen LogP contribution in [0.1, 0.15) is 39.2 Å². The van der Waals surface area contributed by atoms with Crippen molar-refractivity contribution in [3.05, 3.63) is 294 Å². The third-order valence-corrected chi connectivity index (χ3v) is 18.7. The number of hydrogen-bond donors (Lipinski definition) is 0. The third-order valence-electron chi connectivity index (χ3n) is 18.7. The number of aromatic nitrogens is 5. The highest BCUT2D eigenvalue weighted by Crippen LogP contribution is 2.53. The fraction of sp³-hybridized carbons (Fsp3) is 0.0714. The van der Waals surface area contributed by atoms with Gasteiger partial charge in [-0.15, -0.1) is 0 Å². The maximum Gasteiger partial charge on any atom is 0.102 e. The highest BCUT2D eigenvalue weighted by atomic mass is 15.0. The van der Waals surface area contributed by atoms with Crippen LogP contribution in [0, 0.1) is 52.9 Å². The van der Waals surface area contributed by atoms with Crippen LogP contribution in [0.4, 0.5) is 0 Å². The van der Waals surface area contributed by atoms with Crippen molar-refractivity contribution in [3.63, 3.8) is 0 Å². The number of rotatable bonds is 8. The van der Waals surface area contributed by atoms with Gasteiger partial charge in [0.2, 0.25) is 0 Å². The number of pyridine rings is 1. The summed E-state index contributed by atoms with van der Waals surface area (Å²) in [7, 11) is 0. The highest BCUT2D eigenvalue weighted by Gasteiger charge is 2.32. The van der Waals surface area contributed by atoms with E-state index in [9.17, 15) is 5.26 Å². The lowest BCUT2D eigenvalue weighted by Crippen LogP contribution is -2.08. The summed E-state index contributed by atoms with van der Waals surface area (Å²) in [6.45, 7) is 12.8. The van der Waals surface area contributed by atoms with E-state index in [-0.39, 0.29) is 0 Å². The molecule has 0 spiro atoms. The Morgan fingerprint density at radius 2 is 0.556 bits per heavy atom. The van der Waals surface area contributed by atoms with Gasteiger partial charge in [0.1, 0.15) is 6.07 Å². The number of benzene rings is 12. The molecule has 0 saturated carbocycles. The predicted octanol–water partition coefficient (Wildman–Crippen LogP) is 21.9. The van der Waals surface area contributed by atoms with E-state index in [0.717, 1.165) is 134 Å². The largest absolute Gasteiger partial charge is 0.309 e. The molecular weight excluding hydrogens is 1090 g/mol. The number of para-hydroxylation sites is 4. The number of nitrogens with zero attached hydrogens (tertiary/aromatic N) is 6. The van der Waals surface area contributed by atoms with E-state index in [1.807, 2.05) is 0 Å². The fourth-order valence-corrected chi connectivity index (χ4v) is 14.9. The zero-order chi connectivity index (χ0) is 60.6. The van der Waals surface area contributed by atoms with Crippen LogP contribution in [0.25, 0.3) is 154 Å². The van der Waals surface area contributed by atoms with Crippen LogP contribution >= 0.6 is 0 Å². The first-order valence-corrected chi connectivity index (χ1v) is 31.0. The van der Waals surface area contributed by atoms with Crippen LogP contribution in [0.5, 0.6) is 0 Å². The highest BCUT2D eigenvalue weighted by molar-refractivity contribution is 6.16. The Morgan fingerprint density at radius 3 is 0.900 bits per heavy atom. The summed E-state index contributed by atoms with van der Waals surface area (Å²) in [6, 6.07) is 96.6. The zero-order valence-corrected chi connectivity index (χ0v) is 50.9. The molecule has 6 heteroatoms. The molecule has 0 aliphatic heterocycles. The second-order valence-electron chi connectivity index (χ2n) is 24.6. The van der Waals surface area contributed by atoms with E-state index < -0.39 is 0 Å². The van der Waals surface area contributed by atoms with Crippen LogP contribution in [-0.2, 0) is 0 Å². The van der Waals surface area contributed by atoms with Crippen molar-refractivity contribution in [2.45, 2.75) is 41.5 Å². The van der Waals surface area contributed by atoms with E-state index in [1.54, 1.807) is 0 Å². The van der Waals surface area contributed by atoms with E-state index >= 15 is 0 Å². The van der Waals surface area contributed by atoms with E-state index in [2.05, 4.69) is 321 Å². The van der Waals surface area contributed by atoms with Gasteiger partial charge in [-0.2, -0.15) is 5.26 Å². The molecule has 0 saturated heterocycles. The number of hydrogen-bond acceptors (Lipinski definition) is 2. The molecule has 0 fully saturated rings. The average Bonchev–Trinajstić information content (AvgIpc) is 1.17. The summed E-state index contributed by atoms with van der Waals surface area (Å²) in [5.41, 5.74) is 27.7. The standard InChI is InChI=1S/C84H60N6/c1-50-23-39-76-67(43-50)63-15-7-11-19-72(63)87(76)60-33-27-56(28-34-60)81-80(59-47-54(5)86-55(6)48-59)71(49-85)84(90-75-22-14-10-18-66(75)70-46-53(4)26-42-79(70)90)83(58-31-37-62(38-32-58)89-74-21-13-9-17-65(74)69-45-52(3)25-41-78(69)89)82(81)57-29-35-61(36-30-57)88-73-20-12-8-16-64(73)68-44-51(2)24-40-77(68)88/h7-48H,1-6H3. The van der Waals surface area contributed by atoms with E-state index in [0.29, 0.717) is 5.56 Å². The molecule has 0 aliphatic rings. The first-order valence-electron chi connectivity index (χ1n) is 31.0. The normalized spacial score (nSPS) is 11.9. The van der Waals surface area contributed by atoms with Crippen LogP contribution in [-0.4, -0.2) is 23.3 Å². The Labute approximate surface area is 521 Å². The number of fused-ring (bicyclic) bond motifs is 12. The fourth-order valence-electron chi connectivity index (χ4n) is 14.9. The van der Waals surface area contributed by atoms with Crippen molar-refractivity contribution >= 4 is 87.2 Å². The molecule has 6 nitrogen and oxygen atoms in total. The number of nitriles is 1. The molecule has 17 rings (SSSR count). The molecule has 0 amide bonds. The maximum absolute atomic E-state index is 12.6. The second kappa shape index (κ2) is 20.3. The van der Waals surface area contributed by atoms with E-state index in [1.165, 1.54) is 54.6 Å². The number of aryl methyl sites for hydroxylation is 6. The topological polar surface area (TPSA) is 56.4 Å². The Morgan fingerprint density at radius 1 is 0.267 bits per heavy atom. The molecule has 17 aromatic rings. The van der Waals surface area contributed by atoms with Gasteiger partial charge in [0.05, 0.1) is 55.4 Å². The minimum Gasteiger partial charge on any atom is -0.309 e. The SMILES string of the molecule is Cc1ccc2c(c1)c1ccccc1n2-c1ccc(-c2c(-c3cc(C)nc(C)c3)c(C#N)c(-n3c4ccccc4c4cc(C)ccc43)c(-c3ccc(-n4c5ccccc5c5cc(C)ccc54)cc3)c2-c2ccc(-n3c4ccccc4c4cc(C)ccc43)cc2)cc1. The van der Waals surface area contributed by atoms with Gasteiger partial charge in [0, 0.05) is 88.2 Å². The first kappa shape index (κ1) is 52.8. The van der Waals surface area contributed by atoms with Crippen molar-refractivity contribution in [3.8, 4) is 73.3 Å². The van der Waals surface area contributed by atoms with Crippen molar-refractivity contribution in [1.82, 2.24) is 23.3 Å². The summed E-state index contributed by atoms with van der Waals surface area (Å²) in [4.78, 5) is 4.98. The minimum atomic E-state index is 0.567. The predicted molar refractivity (Wildman–Crippen MR) is 376 cm³/mol. The Kier molecular flexibility index (Phi) is 11.9. The first-order chi connectivity index (χ1) is 44.1. The second-order valence-corrected chi connectivity index (χ2v) is 24.6. The van der Waals surface area contributed by atoms with Gasteiger partial charge < -0.3 is 18.3 Å². The molecule has 0 atom stereocenters. The third kappa shape index (κ3) is 8.06. The zero-order valence-electron chi connectivity index (χ0n) is 50.9. The molecule has 426 valence electrons. The van der Waals surface area contributed by atoms with Crippen molar-refractivity contribution in [2.24, 2.45) is 0 Å². The summed E-state index contributed by atoms with van der Waals surface area (Å²) in [5, 5.41) is 22.2. The summed E-state index contributed by atoms with van der Waals surface area (Å²) >= 11 is 0. The Bertz CT molecular complexity index is 5880. The summed E-state index contributed by atoms with van der Waals surface area (Å²) in [6.07, 6.45) is 0. The van der Waals surface area contributed by atoms with Crippen LogP contribution in [0.3, 0.4) is 0 Å². The molecule has 0 radical (unpaired) electrons. The molecule has 90 heavy (non-hydrogen) atoms. The Balaban J connectivity index is 1.02. The molecular formula is C84H60N6. The Hall–Kier alpha value is -11.5. The lowest BCUT2D eigenvalue weighted by Gasteiger charge is -2.27. The minimum absolute atomic E-state index is 0.567. The van der Waals surface area contributed by atoms with Crippen LogP contribution in [0.15, 0.2) is 255 Å². The molecule has 5 aromatic heterocycles. The molecule has 0 N–H and O–H groups in total. The quantitative estimate of drug-likeness (QED) is 0.152. The van der Waals surface area contributed by atoms with Gasteiger partial charge in [0.15, 0.2) is 0 Å². The van der Waals surface area contributed by atoms with Crippen molar-refractivity contribution < 1.29 is 0 Å². The molecule has 0 bridgehead atoms. The van der Waals surface area contributed by atoms with E-state index in [4.69, 9.17) is 4.98 Å². The maximum atomic E-state index is 12.6. The van der Waals surface area contributed by atoms with Crippen LogP contribution in [0.2, 0.25) is 0 Å². The lowest BCUT2D eigenvalue weighted by atomic mass is 9.78. The molecule has 0 aliphatic carbocycles. The van der Waals surface area contributed by atoms with Crippen LogP contribution < -0.4 is 0 Å². The molecule has 5 heterocycles. The van der Waals surface area contributed by atoms with Gasteiger partial charge in [-0.25, -0.2) is 0 Å². The molecule has 0 unspecified atom stereocenters. The van der Waals surface area contributed by atoms with Gasteiger partial charge in [-0.3, -0.25) is 4.98 Å². The average molecular weight is 1150 g/mol. The van der Waals surface area contributed by atoms with Crippen molar-refractivity contribution in [1.29, 1.82) is 5.26 Å². The van der Waals surface area contributed by atoms with Gasteiger partial charge in [0.25, 0.3) is 0 Å². The monoisotopic (exact) mass is 1150 g/mol. The van der Waals surface area contributed by atoms with Crippen molar-refractivity contribution in [2.75, 3.05) is 0 Å². The summed E-state index contributed by atoms with van der Waals surface area (Å²) in [5.74, 6) is 0. The molecule has 12 aromatic carbocycles. The summed E-state index contributed by atoms with van der Waals surface area (Å²) < 4.78 is 9.57. The van der Waals surface area contributed by atoms with Gasteiger partial charge >= 0.3 is 0 Å². The van der Waals surface area contributed by atoms with Gasteiger partial charge in [-0.05, 0) is 191 Å². The smallest absolute Gasteiger partial charge is 0.102 e.